The number of rotatable bonds is 9. The van der Waals surface area contributed by atoms with E-state index in [1.165, 1.54) is 11.9 Å². The molecule has 2 amide bonds. The average molecular weight is 474 g/mol. The number of para-hydroxylation sites is 1. The SMILES string of the molecule is CCOc1cc(C#N)cc(Br)c1OCC(=O)N(C)CC(=O)Nc1ccccc1CC. The van der Waals surface area contributed by atoms with Gasteiger partial charge in [0.05, 0.1) is 29.3 Å². The number of nitriles is 1. The molecule has 0 heterocycles. The van der Waals surface area contributed by atoms with E-state index in [2.05, 4.69) is 21.2 Å². The second kappa shape index (κ2) is 11.2. The maximum absolute atomic E-state index is 12.4. The van der Waals surface area contributed by atoms with Gasteiger partial charge in [-0.05, 0) is 47.0 Å². The van der Waals surface area contributed by atoms with Crippen molar-refractivity contribution in [2.24, 2.45) is 0 Å². The molecule has 2 aromatic carbocycles. The van der Waals surface area contributed by atoms with Crippen LogP contribution in [0.15, 0.2) is 40.9 Å². The fourth-order valence-electron chi connectivity index (χ4n) is 2.72. The molecule has 2 aromatic rings. The smallest absolute Gasteiger partial charge is 0.260 e. The Morgan fingerprint density at radius 3 is 2.60 bits per heavy atom. The molecule has 0 aliphatic heterocycles. The quantitative estimate of drug-likeness (QED) is 0.598. The fourth-order valence-corrected chi connectivity index (χ4v) is 3.28. The van der Waals surface area contributed by atoms with E-state index < -0.39 is 0 Å². The molecule has 0 aliphatic rings. The van der Waals surface area contributed by atoms with Gasteiger partial charge >= 0.3 is 0 Å². The van der Waals surface area contributed by atoms with Crippen LogP contribution in [0.4, 0.5) is 5.69 Å². The third-order valence-corrected chi connectivity index (χ3v) is 4.85. The highest BCUT2D eigenvalue weighted by Gasteiger charge is 2.18. The molecule has 1 N–H and O–H groups in total. The maximum atomic E-state index is 12.4. The van der Waals surface area contributed by atoms with Gasteiger partial charge in [-0.25, -0.2) is 0 Å². The normalized spacial score (nSPS) is 10.1. The van der Waals surface area contributed by atoms with Gasteiger partial charge < -0.3 is 19.7 Å². The zero-order valence-corrected chi connectivity index (χ0v) is 18.8. The summed E-state index contributed by atoms with van der Waals surface area (Å²) in [5.41, 5.74) is 2.17. The number of benzene rings is 2. The molecule has 0 bridgehead atoms. The molecule has 7 nitrogen and oxygen atoms in total. The van der Waals surface area contributed by atoms with Gasteiger partial charge in [-0.3, -0.25) is 9.59 Å². The van der Waals surface area contributed by atoms with Crippen molar-refractivity contribution in [3.63, 3.8) is 0 Å². The molecule has 0 atom stereocenters. The van der Waals surface area contributed by atoms with Gasteiger partial charge in [0, 0.05) is 18.8 Å². The predicted molar refractivity (Wildman–Crippen MR) is 118 cm³/mol. The molecular formula is C22H24BrN3O4. The number of hydrogen-bond acceptors (Lipinski definition) is 5. The lowest BCUT2D eigenvalue weighted by atomic mass is 10.1. The summed E-state index contributed by atoms with van der Waals surface area (Å²) < 4.78 is 11.7. The first-order chi connectivity index (χ1) is 14.4. The lowest BCUT2D eigenvalue weighted by Gasteiger charge is -2.19. The molecule has 0 unspecified atom stereocenters. The van der Waals surface area contributed by atoms with Crippen molar-refractivity contribution in [3.05, 3.63) is 52.0 Å². The van der Waals surface area contributed by atoms with Gasteiger partial charge in [0.2, 0.25) is 5.91 Å². The van der Waals surface area contributed by atoms with Crippen molar-refractivity contribution in [1.29, 1.82) is 5.26 Å². The third-order valence-electron chi connectivity index (χ3n) is 4.26. The van der Waals surface area contributed by atoms with Crippen molar-refractivity contribution in [2.45, 2.75) is 20.3 Å². The van der Waals surface area contributed by atoms with E-state index in [0.717, 1.165) is 17.7 Å². The van der Waals surface area contributed by atoms with Crippen molar-refractivity contribution in [3.8, 4) is 17.6 Å². The Hall–Kier alpha value is -3.05. The summed E-state index contributed by atoms with van der Waals surface area (Å²) in [5.74, 6) is 0.0423. The standard InChI is InChI=1S/C22H24BrN3O4/c1-4-16-8-6-7-9-18(16)25-20(27)13-26(3)21(28)14-30-22-17(23)10-15(12-24)11-19(22)29-5-2/h6-11H,4-5,13-14H2,1-3H3,(H,25,27). The number of amides is 2. The predicted octanol–water partition coefficient (Wildman–Crippen LogP) is 3.76. The molecule has 0 spiro atoms. The number of halogens is 1. The zero-order chi connectivity index (χ0) is 22.1. The van der Waals surface area contributed by atoms with Crippen LogP contribution < -0.4 is 14.8 Å². The summed E-state index contributed by atoms with van der Waals surface area (Å²) in [7, 11) is 1.54. The van der Waals surface area contributed by atoms with Gasteiger partial charge in [-0.2, -0.15) is 5.26 Å². The minimum atomic E-state index is -0.368. The summed E-state index contributed by atoms with van der Waals surface area (Å²) >= 11 is 3.34. The van der Waals surface area contributed by atoms with E-state index >= 15 is 0 Å². The molecule has 2 rings (SSSR count). The second-order valence-corrected chi connectivity index (χ2v) is 7.28. The number of nitrogens with one attached hydrogen (secondary N) is 1. The lowest BCUT2D eigenvalue weighted by Crippen LogP contribution is -2.37. The Bertz CT molecular complexity index is 956. The number of aryl methyl sites for hydroxylation is 1. The van der Waals surface area contributed by atoms with Crippen LogP contribution in [0, 0.1) is 11.3 Å². The van der Waals surface area contributed by atoms with Crippen LogP contribution in [0.1, 0.15) is 25.0 Å². The van der Waals surface area contributed by atoms with Gasteiger partial charge in [-0.1, -0.05) is 25.1 Å². The van der Waals surface area contributed by atoms with Gasteiger partial charge in [-0.15, -0.1) is 0 Å². The molecule has 0 radical (unpaired) electrons. The van der Waals surface area contributed by atoms with Crippen molar-refractivity contribution in [1.82, 2.24) is 4.90 Å². The number of ether oxygens (including phenoxy) is 2. The first-order valence-electron chi connectivity index (χ1n) is 9.50. The van der Waals surface area contributed by atoms with Crippen LogP contribution in [-0.2, 0) is 16.0 Å². The molecule has 158 valence electrons. The third kappa shape index (κ3) is 6.22. The fraction of sp³-hybridized carbons (Fsp3) is 0.318. The Labute approximate surface area is 184 Å². The van der Waals surface area contributed by atoms with Crippen LogP contribution in [-0.4, -0.2) is 43.5 Å². The highest BCUT2D eigenvalue weighted by molar-refractivity contribution is 9.10. The minimum Gasteiger partial charge on any atom is -0.490 e. The molecular weight excluding hydrogens is 450 g/mol. The molecule has 0 fully saturated rings. The van der Waals surface area contributed by atoms with Crippen molar-refractivity contribution in [2.75, 3.05) is 32.1 Å². The molecule has 0 saturated heterocycles. The molecule has 0 saturated carbocycles. The van der Waals surface area contributed by atoms with Crippen molar-refractivity contribution < 1.29 is 19.1 Å². The van der Waals surface area contributed by atoms with E-state index in [0.29, 0.717) is 28.1 Å². The van der Waals surface area contributed by atoms with Gasteiger partial charge in [0.1, 0.15) is 0 Å². The van der Waals surface area contributed by atoms with Crippen molar-refractivity contribution >= 4 is 33.4 Å². The first-order valence-corrected chi connectivity index (χ1v) is 10.3. The summed E-state index contributed by atoms with van der Waals surface area (Å²) in [6, 6.07) is 12.7. The maximum Gasteiger partial charge on any atom is 0.260 e. The van der Waals surface area contributed by atoms with Crippen LogP contribution in [0.2, 0.25) is 0 Å². The van der Waals surface area contributed by atoms with E-state index in [-0.39, 0.29) is 25.0 Å². The number of likely N-dealkylation sites (N-methyl/N-ethyl adjacent to an activating group) is 1. The Morgan fingerprint density at radius 2 is 1.93 bits per heavy atom. The number of nitrogens with zero attached hydrogens (tertiary/aromatic N) is 2. The number of anilines is 1. The summed E-state index contributed by atoms with van der Waals surface area (Å²) in [5, 5.41) is 11.9. The van der Waals surface area contributed by atoms with E-state index in [1.54, 1.807) is 12.1 Å². The monoisotopic (exact) mass is 473 g/mol. The molecule has 0 aromatic heterocycles. The Balaban J connectivity index is 1.98. The van der Waals surface area contributed by atoms with E-state index in [4.69, 9.17) is 14.7 Å². The van der Waals surface area contributed by atoms with Gasteiger partial charge in [0.25, 0.3) is 5.91 Å². The highest BCUT2D eigenvalue weighted by atomic mass is 79.9. The van der Waals surface area contributed by atoms with E-state index in [1.807, 2.05) is 44.2 Å². The first kappa shape index (κ1) is 23.2. The van der Waals surface area contributed by atoms with Gasteiger partial charge in [0.15, 0.2) is 18.1 Å². The number of hydrogen-bond donors (Lipinski definition) is 1. The Kier molecular flexibility index (Phi) is 8.69. The largest absolute Gasteiger partial charge is 0.490 e. The van der Waals surface area contributed by atoms with Crippen LogP contribution >= 0.6 is 15.9 Å². The Morgan fingerprint density at radius 1 is 1.20 bits per heavy atom. The molecule has 0 aliphatic carbocycles. The number of carbonyl (C=O) groups excluding carboxylic acids is 2. The van der Waals surface area contributed by atoms with Crippen LogP contribution in [0.5, 0.6) is 11.5 Å². The van der Waals surface area contributed by atoms with Crippen LogP contribution in [0.25, 0.3) is 0 Å². The van der Waals surface area contributed by atoms with Crippen LogP contribution in [0.3, 0.4) is 0 Å². The molecule has 30 heavy (non-hydrogen) atoms. The summed E-state index contributed by atoms with van der Waals surface area (Å²) in [6.45, 7) is 3.82. The lowest BCUT2D eigenvalue weighted by molar-refractivity contribution is -0.135. The van der Waals surface area contributed by atoms with E-state index in [9.17, 15) is 9.59 Å². The highest BCUT2D eigenvalue weighted by Crippen LogP contribution is 2.36. The molecule has 8 heteroatoms. The summed E-state index contributed by atoms with van der Waals surface area (Å²) in [4.78, 5) is 26.1. The second-order valence-electron chi connectivity index (χ2n) is 6.43. The minimum absolute atomic E-state index is 0.104. The summed E-state index contributed by atoms with van der Waals surface area (Å²) in [6.07, 6.45) is 0.792. The average Bonchev–Trinajstić information content (AvgIpc) is 2.73. The topological polar surface area (TPSA) is 91.7 Å². The zero-order valence-electron chi connectivity index (χ0n) is 17.2. The number of carbonyl (C=O) groups is 2.